The molecule has 0 radical (unpaired) electrons. The summed E-state index contributed by atoms with van der Waals surface area (Å²) < 4.78 is 0. The minimum Gasteiger partial charge on any atom is -0.314 e. The maximum atomic E-state index is 3.72. The molecular weight excluding hydrogens is 258 g/mol. The summed E-state index contributed by atoms with van der Waals surface area (Å²) in [6.07, 6.45) is 9.91. The van der Waals surface area contributed by atoms with Gasteiger partial charge in [0.15, 0.2) is 0 Å². The van der Waals surface area contributed by atoms with Gasteiger partial charge < -0.3 is 15.1 Å². The smallest absolute Gasteiger partial charge is 0.0108 e. The van der Waals surface area contributed by atoms with E-state index in [4.69, 9.17) is 0 Å². The first-order chi connectivity index (χ1) is 10.2. The number of rotatable bonds is 3. The van der Waals surface area contributed by atoms with E-state index < -0.39 is 0 Å². The quantitative estimate of drug-likeness (QED) is 0.863. The van der Waals surface area contributed by atoms with Crippen molar-refractivity contribution in [2.75, 3.05) is 32.7 Å². The Hall–Kier alpha value is -0.120. The first-order valence-corrected chi connectivity index (χ1v) is 9.45. The summed E-state index contributed by atoms with van der Waals surface area (Å²) in [6.45, 7) is 11.3. The average molecular weight is 293 g/mol. The fraction of sp³-hybridized carbons (Fsp3) is 1.00. The minimum atomic E-state index is 0.725. The lowest BCUT2D eigenvalue weighted by molar-refractivity contribution is 0.108. The number of nitrogens with one attached hydrogen (secondary N) is 1. The predicted molar refractivity (Wildman–Crippen MR) is 89.7 cm³/mol. The van der Waals surface area contributed by atoms with Crippen molar-refractivity contribution >= 4 is 0 Å². The summed E-state index contributed by atoms with van der Waals surface area (Å²) in [6, 6.07) is 2.44. The number of piperidine rings is 1. The summed E-state index contributed by atoms with van der Waals surface area (Å²) in [4.78, 5) is 5.50. The molecule has 0 aromatic heterocycles. The fourth-order valence-electron chi connectivity index (χ4n) is 4.78. The molecule has 21 heavy (non-hydrogen) atoms. The van der Waals surface area contributed by atoms with E-state index in [1.165, 1.54) is 77.7 Å². The van der Waals surface area contributed by atoms with E-state index in [0.29, 0.717) is 0 Å². The molecular formula is C18H35N3. The second-order valence-corrected chi connectivity index (χ2v) is 7.79. The van der Waals surface area contributed by atoms with Gasteiger partial charge in [-0.1, -0.05) is 0 Å². The van der Waals surface area contributed by atoms with Crippen LogP contribution in [0.3, 0.4) is 0 Å². The average Bonchev–Trinajstić information content (AvgIpc) is 2.91. The zero-order chi connectivity index (χ0) is 14.7. The monoisotopic (exact) mass is 293 g/mol. The Kier molecular flexibility index (Phi) is 5.58. The highest BCUT2D eigenvalue weighted by Crippen LogP contribution is 2.28. The van der Waals surface area contributed by atoms with E-state index in [1.807, 2.05) is 0 Å². The molecule has 3 aliphatic heterocycles. The highest BCUT2D eigenvalue weighted by molar-refractivity contribution is 4.88. The Morgan fingerprint density at radius 3 is 2.33 bits per heavy atom. The lowest BCUT2D eigenvalue weighted by atomic mass is 9.87. The molecule has 0 spiro atoms. The number of nitrogens with zero attached hydrogens (tertiary/aromatic N) is 2. The Bertz CT molecular complexity index is 304. The molecule has 3 fully saturated rings. The van der Waals surface area contributed by atoms with E-state index in [-0.39, 0.29) is 0 Å². The van der Waals surface area contributed by atoms with Crippen molar-refractivity contribution in [3.8, 4) is 0 Å². The first-order valence-electron chi connectivity index (χ1n) is 9.45. The van der Waals surface area contributed by atoms with E-state index in [1.54, 1.807) is 0 Å². The zero-order valence-electron chi connectivity index (χ0n) is 14.2. The fourth-order valence-corrected chi connectivity index (χ4v) is 4.78. The van der Waals surface area contributed by atoms with Gasteiger partial charge >= 0.3 is 0 Å². The summed E-state index contributed by atoms with van der Waals surface area (Å²) in [5.41, 5.74) is 0. The molecule has 3 heteroatoms. The Morgan fingerprint density at radius 2 is 1.67 bits per heavy atom. The SMILES string of the molecule is CC(C)N1CCCC(N2CCC(C3CCCN3)CC2)CC1. The lowest BCUT2D eigenvalue weighted by Crippen LogP contribution is -2.45. The van der Waals surface area contributed by atoms with Crippen LogP contribution >= 0.6 is 0 Å². The van der Waals surface area contributed by atoms with Gasteiger partial charge in [-0.3, -0.25) is 0 Å². The summed E-state index contributed by atoms with van der Waals surface area (Å²) in [5, 5.41) is 3.72. The van der Waals surface area contributed by atoms with Crippen LogP contribution < -0.4 is 5.32 Å². The van der Waals surface area contributed by atoms with Crippen LogP contribution in [0.4, 0.5) is 0 Å². The van der Waals surface area contributed by atoms with Gasteiger partial charge in [-0.25, -0.2) is 0 Å². The molecule has 3 heterocycles. The Labute approximate surface area is 131 Å². The molecule has 3 saturated heterocycles. The number of hydrogen-bond acceptors (Lipinski definition) is 3. The summed E-state index contributed by atoms with van der Waals surface area (Å²) in [5.74, 6) is 0.960. The van der Waals surface area contributed by atoms with Crippen molar-refractivity contribution < 1.29 is 0 Å². The molecule has 3 nitrogen and oxygen atoms in total. The molecule has 3 rings (SSSR count). The normalized spacial score (nSPS) is 34.4. The molecule has 0 saturated carbocycles. The van der Waals surface area contributed by atoms with Gasteiger partial charge in [0.25, 0.3) is 0 Å². The maximum absolute atomic E-state index is 3.72. The van der Waals surface area contributed by atoms with Gasteiger partial charge in [0, 0.05) is 18.1 Å². The van der Waals surface area contributed by atoms with E-state index in [9.17, 15) is 0 Å². The van der Waals surface area contributed by atoms with Gasteiger partial charge in [0.1, 0.15) is 0 Å². The van der Waals surface area contributed by atoms with Crippen molar-refractivity contribution in [3.63, 3.8) is 0 Å². The second kappa shape index (κ2) is 7.43. The summed E-state index contributed by atoms with van der Waals surface area (Å²) >= 11 is 0. The van der Waals surface area contributed by atoms with Gasteiger partial charge in [-0.2, -0.15) is 0 Å². The van der Waals surface area contributed by atoms with Crippen LogP contribution in [0.2, 0.25) is 0 Å². The molecule has 0 aromatic rings. The summed E-state index contributed by atoms with van der Waals surface area (Å²) in [7, 11) is 0. The number of likely N-dealkylation sites (tertiary alicyclic amines) is 2. The van der Waals surface area contributed by atoms with Gasteiger partial charge in [-0.15, -0.1) is 0 Å². The van der Waals surface area contributed by atoms with Crippen LogP contribution in [0, 0.1) is 5.92 Å². The van der Waals surface area contributed by atoms with Crippen LogP contribution in [0.1, 0.15) is 58.8 Å². The predicted octanol–water partition coefficient (Wildman–Crippen LogP) is 2.71. The van der Waals surface area contributed by atoms with Gasteiger partial charge in [0.05, 0.1) is 0 Å². The van der Waals surface area contributed by atoms with E-state index >= 15 is 0 Å². The van der Waals surface area contributed by atoms with Crippen LogP contribution in [-0.4, -0.2) is 60.6 Å². The highest BCUT2D eigenvalue weighted by atomic mass is 15.2. The molecule has 0 amide bonds. The Morgan fingerprint density at radius 1 is 0.857 bits per heavy atom. The van der Waals surface area contributed by atoms with Crippen LogP contribution in [0.25, 0.3) is 0 Å². The molecule has 3 aliphatic rings. The van der Waals surface area contributed by atoms with Crippen LogP contribution in [0.5, 0.6) is 0 Å². The third-order valence-corrected chi connectivity index (χ3v) is 6.22. The maximum Gasteiger partial charge on any atom is 0.0108 e. The minimum absolute atomic E-state index is 0.725. The van der Waals surface area contributed by atoms with Crippen molar-refractivity contribution in [1.29, 1.82) is 0 Å². The standard InChI is InChI=1S/C18H35N3/c1-15(2)20-11-4-5-17(9-14-20)21-12-7-16(8-13-21)18-6-3-10-19-18/h15-19H,3-14H2,1-2H3. The third kappa shape index (κ3) is 4.00. The van der Waals surface area contributed by atoms with Gasteiger partial charge in [-0.05, 0) is 97.4 Å². The van der Waals surface area contributed by atoms with Crippen molar-refractivity contribution in [2.45, 2.75) is 76.9 Å². The zero-order valence-corrected chi connectivity index (χ0v) is 14.2. The second-order valence-electron chi connectivity index (χ2n) is 7.79. The molecule has 0 aliphatic carbocycles. The van der Waals surface area contributed by atoms with Crippen LogP contribution in [0.15, 0.2) is 0 Å². The Balaban J connectivity index is 1.45. The first kappa shape index (κ1) is 15.8. The number of hydrogen-bond donors (Lipinski definition) is 1. The highest BCUT2D eigenvalue weighted by Gasteiger charge is 2.31. The van der Waals surface area contributed by atoms with Gasteiger partial charge in [0.2, 0.25) is 0 Å². The van der Waals surface area contributed by atoms with E-state index in [0.717, 1.165) is 24.0 Å². The topological polar surface area (TPSA) is 18.5 Å². The van der Waals surface area contributed by atoms with Crippen molar-refractivity contribution in [3.05, 3.63) is 0 Å². The molecule has 0 aromatic carbocycles. The third-order valence-electron chi connectivity index (χ3n) is 6.22. The largest absolute Gasteiger partial charge is 0.314 e. The van der Waals surface area contributed by atoms with Crippen molar-refractivity contribution in [2.24, 2.45) is 5.92 Å². The van der Waals surface area contributed by atoms with Crippen LogP contribution in [-0.2, 0) is 0 Å². The lowest BCUT2D eigenvalue weighted by Gasteiger charge is -2.39. The molecule has 0 bridgehead atoms. The van der Waals surface area contributed by atoms with Crippen molar-refractivity contribution in [1.82, 2.24) is 15.1 Å². The van der Waals surface area contributed by atoms with E-state index in [2.05, 4.69) is 29.0 Å². The molecule has 122 valence electrons. The molecule has 1 N–H and O–H groups in total. The molecule has 2 unspecified atom stereocenters. The molecule has 2 atom stereocenters.